The Morgan fingerprint density at radius 3 is 2.47 bits per heavy atom. The first-order chi connectivity index (χ1) is 16.2. The number of aliphatic imine (C=N–C) groups is 1. The molecule has 6 nitrogen and oxygen atoms in total. The fourth-order valence-electron chi connectivity index (χ4n) is 4.82. The minimum absolute atomic E-state index is 0. The lowest BCUT2D eigenvalue weighted by atomic mass is 10.1. The number of carbonyl (C=O) groups excluding carboxylic acids is 1. The van der Waals surface area contributed by atoms with E-state index in [1.54, 1.807) is 0 Å². The summed E-state index contributed by atoms with van der Waals surface area (Å²) in [5, 5.41) is 6.98. The van der Waals surface area contributed by atoms with Crippen LogP contribution >= 0.6 is 24.0 Å². The van der Waals surface area contributed by atoms with Crippen LogP contribution in [-0.4, -0.2) is 53.9 Å². The van der Waals surface area contributed by atoms with Gasteiger partial charge in [-0.2, -0.15) is 0 Å². The highest BCUT2D eigenvalue weighted by Crippen LogP contribution is 2.20. The topological polar surface area (TPSA) is 60.0 Å². The third-order valence-corrected chi connectivity index (χ3v) is 6.64. The van der Waals surface area contributed by atoms with Crippen molar-refractivity contribution in [3.05, 3.63) is 71.3 Å². The maximum absolute atomic E-state index is 12.1. The van der Waals surface area contributed by atoms with E-state index in [4.69, 9.17) is 4.99 Å². The van der Waals surface area contributed by atoms with Gasteiger partial charge in [0.1, 0.15) is 0 Å². The van der Waals surface area contributed by atoms with E-state index in [2.05, 4.69) is 71.0 Å². The van der Waals surface area contributed by atoms with E-state index < -0.39 is 0 Å². The number of guanidine groups is 1. The fourth-order valence-corrected chi connectivity index (χ4v) is 4.82. The van der Waals surface area contributed by atoms with Gasteiger partial charge < -0.3 is 15.5 Å². The van der Waals surface area contributed by atoms with Crippen LogP contribution in [-0.2, 0) is 24.4 Å². The van der Waals surface area contributed by atoms with Gasteiger partial charge in [-0.25, -0.2) is 4.99 Å². The van der Waals surface area contributed by atoms with E-state index in [0.29, 0.717) is 25.6 Å². The standard InChI is InChI=1S/C27H37N5O.HI/c1-2-28-27(30-19-25-14-8-16-31(25)20-22-10-4-3-5-11-22)29-18-23-12-6-7-13-24(23)21-32-17-9-15-26(32)33;/h3-7,10-13,25H,2,8-9,14-21H2,1H3,(H2,28,29,30);1H. The predicted molar refractivity (Wildman–Crippen MR) is 149 cm³/mol. The van der Waals surface area contributed by atoms with Crippen molar-refractivity contribution < 1.29 is 4.79 Å². The van der Waals surface area contributed by atoms with E-state index in [-0.39, 0.29) is 29.9 Å². The lowest BCUT2D eigenvalue weighted by molar-refractivity contribution is -0.128. The Morgan fingerprint density at radius 1 is 0.971 bits per heavy atom. The molecule has 2 aromatic rings. The van der Waals surface area contributed by atoms with Crippen molar-refractivity contribution in [2.45, 2.75) is 58.3 Å². The number of nitrogens with zero attached hydrogens (tertiary/aromatic N) is 3. The summed E-state index contributed by atoms with van der Waals surface area (Å²) >= 11 is 0. The van der Waals surface area contributed by atoms with Gasteiger partial charge in [-0.15, -0.1) is 24.0 Å². The minimum atomic E-state index is 0. The maximum atomic E-state index is 12.1. The summed E-state index contributed by atoms with van der Waals surface area (Å²) in [4.78, 5) is 21.5. The SMILES string of the molecule is CCNC(=NCc1ccccc1CN1CCCC1=O)NCC1CCCN1Cc1ccccc1.I. The van der Waals surface area contributed by atoms with Crippen molar-refractivity contribution in [3.63, 3.8) is 0 Å². The number of carbonyl (C=O) groups is 1. The van der Waals surface area contributed by atoms with Gasteiger partial charge in [-0.1, -0.05) is 54.6 Å². The van der Waals surface area contributed by atoms with Crippen LogP contribution in [0.15, 0.2) is 59.6 Å². The van der Waals surface area contributed by atoms with Crippen molar-refractivity contribution in [1.29, 1.82) is 0 Å². The lowest BCUT2D eigenvalue weighted by Crippen LogP contribution is -2.44. The summed E-state index contributed by atoms with van der Waals surface area (Å²) in [5.41, 5.74) is 3.75. The molecule has 2 aromatic carbocycles. The summed E-state index contributed by atoms with van der Waals surface area (Å²) < 4.78 is 0. The first kappa shape index (κ1) is 26.5. The molecule has 1 unspecified atom stereocenters. The molecule has 0 aromatic heterocycles. The van der Waals surface area contributed by atoms with Gasteiger partial charge in [0.15, 0.2) is 5.96 Å². The van der Waals surface area contributed by atoms with Gasteiger partial charge in [-0.3, -0.25) is 9.69 Å². The molecule has 2 N–H and O–H groups in total. The number of amides is 1. The van der Waals surface area contributed by atoms with E-state index >= 15 is 0 Å². The first-order valence-corrected chi connectivity index (χ1v) is 12.4. The van der Waals surface area contributed by atoms with Crippen LogP contribution in [0.5, 0.6) is 0 Å². The summed E-state index contributed by atoms with van der Waals surface area (Å²) in [7, 11) is 0. The molecule has 184 valence electrons. The molecule has 2 aliphatic heterocycles. The van der Waals surface area contributed by atoms with Gasteiger partial charge in [0.25, 0.3) is 0 Å². The van der Waals surface area contributed by atoms with E-state index in [1.165, 1.54) is 29.5 Å². The minimum Gasteiger partial charge on any atom is -0.357 e. The summed E-state index contributed by atoms with van der Waals surface area (Å²) in [5.74, 6) is 1.12. The summed E-state index contributed by atoms with van der Waals surface area (Å²) in [6.07, 6.45) is 4.11. The molecule has 1 amide bonds. The Morgan fingerprint density at radius 2 is 1.74 bits per heavy atom. The first-order valence-electron chi connectivity index (χ1n) is 12.4. The van der Waals surface area contributed by atoms with Crippen molar-refractivity contribution in [1.82, 2.24) is 20.4 Å². The highest BCUT2D eigenvalue weighted by Gasteiger charge is 2.24. The second-order valence-electron chi connectivity index (χ2n) is 9.02. The number of benzene rings is 2. The van der Waals surface area contributed by atoms with Gasteiger partial charge >= 0.3 is 0 Å². The monoisotopic (exact) mass is 575 g/mol. The van der Waals surface area contributed by atoms with Crippen LogP contribution in [0.4, 0.5) is 0 Å². The molecule has 0 aliphatic carbocycles. The van der Waals surface area contributed by atoms with Gasteiger partial charge in [0, 0.05) is 45.2 Å². The van der Waals surface area contributed by atoms with Crippen LogP contribution in [0.1, 0.15) is 49.3 Å². The zero-order valence-corrected chi connectivity index (χ0v) is 22.5. The number of halogens is 1. The summed E-state index contributed by atoms with van der Waals surface area (Å²) in [6, 6.07) is 19.6. The maximum Gasteiger partial charge on any atom is 0.222 e. The average Bonchev–Trinajstić information content (AvgIpc) is 3.45. The zero-order valence-electron chi connectivity index (χ0n) is 20.2. The second kappa shape index (κ2) is 13.7. The van der Waals surface area contributed by atoms with Crippen molar-refractivity contribution in [2.75, 3.05) is 26.2 Å². The Bertz CT molecular complexity index is 936. The lowest BCUT2D eigenvalue weighted by Gasteiger charge is -2.25. The van der Waals surface area contributed by atoms with Crippen molar-refractivity contribution in [3.8, 4) is 0 Å². The van der Waals surface area contributed by atoms with E-state index in [0.717, 1.165) is 45.1 Å². The van der Waals surface area contributed by atoms with Crippen molar-refractivity contribution in [2.24, 2.45) is 4.99 Å². The molecule has 2 saturated heterocycles. The molecule has 34 heavy (non-hydrogen) atoms. The third kappa shape index (κ3) is 7.43. The highest BCUT2D eigenvalue weighted by atomic mass is 127. The zero-order chi connectivity index (χ0) is 22.9. The molecule has 2 fully saturated rings. The molecule has 2 aliphatic rings. The summed E-state index contributed by atoms with van der Waals surface area (Å²) in [6.45, 7) is 8.12. The predicted octanol–water partition coefficient (Wildman–Crippen LogP) is 4.15. The number of nitrogens with one attached hydrogen (secondary N) is 2. The molecular weight excluding hydrogens is 537 g/mol. The number of hydrogen-bond acceptors (Lipinski definition) is 3. The van der Waals surface area contributed by atoms with Gasteiger partial charge in [0.05, 0.1) is 6.54 Å². The van der Waals surface area contributed by atoms with Gasteiger partial charge in [-0.05, 0) is 49.4 Å². The molecule has 0 radical (unpaired) electrons. The van der Waals surface area contributed by atoms with E-state index in [9.17, 15) is 4.79 Å². The largest absolute Gasteiger partial charge is 0.357 e. The number of likely N-dealkylation sites (tertiary alicyclic amines) is 2. The quantitative estimate of drug-likeness (QED) is 0.268. The van der Waals surface area contributed by atoms with Crippen LogP contribution in [0.3, 0.4) is 0 Å². The van der Waals surface area contributed by atoms with Crippen LogP contribution in [0, 0.1) is 0 Å². The number of rotatable bonds is 9. The molecule has 1 atom stereocenters. The Labute approximate surface area is 221 Å². The molecule has 4 rings (SSSR count). The molecule has 0 spiro atoms. The van der Waals surface area contributed by atoms with E-state index in [1.807, 2.05) is 11.0 Å². The van der Waals surface area contributed by atoms with Crippen LogP contribution < -0.4 is 10.6 Å². The Balaban J connectivity index is 0.00000324. The number of hydrogen-bond donors (Lipinski definition) is 2. The highest BCUT2D eigenvalue weighted by molar-refractivity contribution is 14.0. The Hall–Kier alpha value is -2.13. The molecule has 0 bridgehead atoms. The third-order valence-electron chi connectivity index (χ3n) is 6.64. The van der Waals surface area contributed by atoms with Crippen LogP contribution in [0.25, 0.3) is 0 Å². The van der Waals surface area contributed by atoms with Crippen molar-refractivity contribution >= 4 is 35.8 Å². The van der Waals surface area contributed by atoms with Gasteiger partial charge in [0.2, 0.25) is 5.91 Å². The molecule has 0 saturated carbocycles. The molecule has 7 heteroatoms. The molecule has 2 heterocycles. The fraction of sp³-hybridized carbons (Fsp3) is 0.481. The second-order valence-corrected chi connectivity index (χ2v) is 9.02. The molecular formula is C27H38IN5O. The van der Waals surface area contributed by atoms with Crippen LogP contribution in [0.2, 0.25) is 0 Å². The normalized spacial score (nSPS) is 18.7. The Kier molecular flexibility index (Phi) is 10.7. The average molecular weight is 576 g/mol. The smallest absolute Gasteiger partial charge is 0.222 e.